The molecule has 2 aromatic heterocycles. The topological polar surface area (TPSA) is 3.24 Å². The number of thiophene rings is 2. The van der Waals surface area contributed by atoms with Gasteiger partial charge in [0.25, 0.3) is 0 Å². The summed E-state index contributed by atoms with van der Waals surface area (Å²) >= 11 is 3.75. The van der Waals surface area contributed by atoms with E-state index in [1.807, 2.05) is 22.7 Å². The van der Waals surface area contributed by atoms with Gasteiger partial charge in [-0.2, -0.15) is 0 Å². The lowest BCUT2D eigenvalue weighted by Gasteiger charge is -2.26. The van der Waals surface area contributed by atoms with Crippen LogP contribution in [0.2, 0.25) is 0 Å². The van der Waals surface area contributed by atoms with E-state index in [2.05, 4.69) is 157 Å². The SMILES string of the molecule is c1ccc(N(c2ccc(-c3cc4ccccc4c4c3sc3ccccc34)cc2)c2ccc3sc4ccccc4c3c2)cc1. The quantitative estimate of drug-likeness (QED) is 0.199. The molecule has 7 aromatic carbocycles. The fourth-order valence-corrected chi connectivity index (χ4v) is 8.80. The highest BCUT2D eigenvalue weighted by molar-refractivity contribution is 7.26. The van der Waals surface area contributed by atoms with Gasteiger partial charge in [-0.3, -0.25) is 0 Å². The van der Waals surface area contributed by atoms with E-state index in [1.54, 1.807) is 0 Å². The van der Waals surface area contributed by atoms with Crippen molar-refractivity contribution in [2.75, 3.05) is 4.90 Å². The van der Waals surface area contributed by atoms with Crippen molar-refractivity contribution in [2.45, 2.75) is 0 Å². The van der Waals surface area contributed by atoms with E-state index in [4.69, 9.17) is 0 Å². The zero-order valence-corrected chi connectivity index (χ0v) is 24.8. The largest absolute Gasteiger partial charge is 0.310 e. The van der Waals surface area contributed by atoms with Crippen LogP contribution in [-0.4, -0.2) is 0 Å². The average molecular weight is 584 g/mol. The van der Waals surface area contributed by atoms with Crippen molar-refractivity contribution < 1.29 is 0 Å². The highest BCUT2D eigenvalue weighted by Gasteiger charge is 2.17. The molecular formula is C40H25NS2. The third kappa shape index (κ3) is 3.97. The van der Waals surface area contributed by atoms with Gasteiger partial charge < -0.3 is 4.90 Å². The fourth-order valence-electron chi connectivity index (χ4n) is 6.46. The minimum Gasteiger partial charge on any atom is -0.310 e. The summed E-state index contributed by atoms with van der Waals surface area (Å²) in [6, 6.07) is 55.3. The van der Waals surface area contributed by atoms with E-state index >= 15 is 0 Å². The van der Waals surface area contributed by atoms with Crippen molar-refractivity contribution in [1.29, 1.82) is 0 Å². The van der Waals surface area contributed by atoms with Crippen molar-refractivity contribution in [3.8, 4) is 11.1 Å². The number of nitrogens with zero attached hydrogens (tertiary/aromatic N) is 1. The van der Waals surface area contributed by atoms with Crippen LogP contribution in [0.5, 0.6) is 0 Å². The number of rotatable bonds is 4. The predicted octanol–water partition coefficient (Wildman–Crippen LogP) is 12.7. The molecule has 0 aliphatic carbocycles. The molecule has 0 fully saturated rings. The van der Waals surface area contributed by atoms with Crippen molar-refractivity contribution in [3.63, 3.8) is 0 Å². The zero-order valence-electron chi connectivity index (χ0n) is 23.2. The first kappa shape index (κ1) is 24.6. The summed E-state index contributed by atoms with van der Waals surface area (Å²) in [5, 5.41) is 7.92. The Morgan fingerprint density at radius 1 is 0.395 bits per heavy atom. The van der Waals surface area contributed by atoms with Gasteiger partial charge in [-0.25, -0.2) is 0 Å². The molecule has 0 radical (unpaired) electrons. The molecule has 0 saturated carbocycles. The molecule has 3 heteroatoms. The second kappa shape index (κ2) is 9.81. The first-order valence-corrected chi connectivity index (χ1v) is 16.1. The molecule has 0 bridgehead atoms. The van der Waals surface area contributed by atoms with Gasteiger partial charge >= 0.3 is 0 Å². The van der Waals surface area contributed by atoms with Crippen LogP contribution in [0.4, 0.5) is 17.1 Å². The Morgan fingerprint density at radius 3 is 1.81 bits per heavy atom. The highest BCUT2D eigenvalue weighted by atomic mass is 32.1. The Morgan fingerprint density at radius 2 is 1.00 bits per heavy atom. The van der Waals surface area contributed by atoms with Gasteiger partial charge in [0.1, 0.15) is 0 Å². The summed E-state index contributed by atoms with van der Waals surface area (Å²) < 4.78 is 5.32. The number of hydrogen-bond donors (Lipinski definition) is 0. The lowest BCUT2D eigenvalue weighted by Crippen LogP contribution is -2.09. The van der Waals surface area contributed by atoms with Crippen molar-refractivity contribution in [2.24, 2.45) is 0 Å². The van der Waals surface area contributed by atoms with Crippen molar-refractivity contribution in [3.05, 3.63) is 152 Å². The van der Waals surface area contributed by atoms with Crippen LogP contribution in [0, 0.1) is 0 Å². The molecule has 0 N–H and O–H groups in total. The number of para-hydroxylation sites is 1. The van der Waals surface area contributed by atoms with Gasteiger partial charge in [0.2, 0.25) is 0 Å². The standard InChI is InChI=1S/C40H25NS2/c1-2-11-28(12-3-1)41(30-22-23-38-35(25-30)32-14-6-8-16-36(32)42-38)29-20-18-26(19-21-29)34-24-27-10-4-5-13-31(27)39-33-15-7-9-17-37(33)43-40(34)39/h1-25H. The average Bonchev–Trinajstić information content (AvgIpc) is 3.64. The summed E-state index contributed by atoms with van der Waals surface area (Å²) in [7, 11) is 0. The van der Waals surface area contributed by atoms with E-state index in [1.165, 1.54) is 62.2 Å². The molecule has 0 unspecified atom stereocenters. The van der Waals surface area contributed by atoms with E-state index in [9.17, 15) is 0 Å². The third-order valence-electron chi connectivity index (χ3n) is 8.44. The summed E-state index contributed by atoms with van der Waals surface area (Å²) in [6.45, 7) is 0. The minimum atomic E-state index is 1.14. The monoisotopic (exact) mass is 583 g/mol. The second-order valence-electron chi connectivity index (χ2n) is 10.9. The fraction of sp³-hybridized carbons (Fsp3) is 0. The molecule has 43 heavy (non-hydrogen) atoms. The molecule has 202 valence electrons. The van der Waals surface area contributed by atoms with E-state index < -0.39 is 0 Å². The number of fused-ring (bicyclic) bond motifs is 8. The van der Waals surface area contributed by atoms with Gasteiger partial charge in [-0.1, -0.05) is 91.0 Å². The van der Waals surface area contributed by atoms with Crippen LogP contribution >= 0.6 is 22.7 Å². The molecule has 2 heterocycles. The molecule has 0 atom stereocenters. The summed E-state index contributed by atoms with van der Waals surface area (Å²) in [4.78, 5) is 2.37. The maximum absolute atomic E-state index is 2.37. The molecule has 0 aliphatic heterocycles. The molecule has 0 saturated heterocycles. The lowest BCUT2D eigenvalue weighted by molar-refractivity contribution is 1.29. The molecule has 0 spiro atoms. The Hall–Kier alpha value is -4.96. The molecule has 0 aliphatic rings. The van der Waals surface area contributed by atoms with Gasteiger partial charge in [-0.15, -0.1) is 22.7 Å². The minimum absolute atomic E-state index is 1.14. The van der Waals surface area contributed by atoms with Gasteiger partial charge in [0.05, 0.1) is 0 Å². The molecule has 9 aromatic rings. The maximum Gasteiger partial charge on any atom is 0.0468 e. The first-order chi connectivity index (χ1) is 21.3. The van der Waals surface area contributed by atoms with E-state index in [0.29, 0.717) is 0 Å². The highest BCUT2D eigenvalue weighted by Crippen LogP contribution is 2.45. The summed E-state index contributed by atoms with van der Waals surface area (Å²) in [5.41, 5.74) is 5.97. The van der Waals surface area contributed by atoms with Crippen molar-refractivity contribution >= 4 is 90.9 Å². The van der Waals surface area contributed by atoms with Crippen LogP contribution in [0.1, 0.15) is 0 Å². The molecule has 1 nitrogen and oxygen atoms in total. The second-order valence-corrected chi connectivity index (χ2v) is 13.1. The van der Waals surface area contributed by atoms with Crippen LogP contribution in [-0.2, 0) is 0 Å². The Balaban J connectivity index is 1.21. The van der Waals surface area contributed by atoms with Crippen molar-refractivity contribution in [1.82, 2.24) is 0 Å². The number of benzene rings is 7. The lowest BCUT2D eigenvalue weighted by atomic mass is 9.96. The third-order valence-corrected chi connectivity index (χ3v) is 10.8. The van der Waals surface area contributed by atoms with E-state index in [-0.39, 0.29) is 0 Å². The van der Waals surface area contributed by atoms with E-state index in [0.717, 1.165) is 17.1 Å². The van der Waals surface area contributed by atoms with Crippen LogP contribution < -0.4 is 4.90 Å². The smallest absolute Gasteiger partial charge is 0.0468 e. The number of hydrogen-bond acceptors (Lipinski definition) is 3. The predicted molar refractivity (Wildman–Crippen MR) is 190 cm³/mol. The Labute approximate surface area is 257 Å². The summed E-state index contributed by atoms with van der Waals surface area (Å²) in [6.07, 6.45) is 0. The number of anilines is 3. The van der Waals surface area contributed by atoms with Crippen LogP contribution in [0.3, 0.4) is 0 Å². The van der Waals surface area contributed by atoms with Gasteiger partial charge in [0.15, 0.2) is 0 Å². The first-order valence-electron chi connectivity index (χ1n) is 14.5. The maximum atomic E-state index is 2.37. The molecule has 9 rings (SSSR count). The normalized spacial score (nSPS) is 11.7. The molecule has 0 amide bonds. The zero-order chi connectivity index (χ0) is 28.3. The summed E-state index contributed by atoms with van der Waals surface area (Å²) in [5.74, 6) is 0. The van der Waals surface area contributed by atoms with Crippen LogP contribution in [0.25, 0.3) is 62.2 Å². The van der Waals surface area contributed by atoms with Gasteiger partial charge in [0, 0.05) is 63.0 Å². The Kier molecular flexibility index (Phi) is 5.62. The van der Waals surface area contributed by atoms with Gasteiger partial charge in [-0.05, 0) is 77.0 Å². The van der Waals surface area contributed by atoms with Crippen LogP contribution in [0.15, 0.2) is 152 Å². The molecular weight excluding hydrogens is 559 g/mol. The Bertz CT molecular complexity index is 2450.